The maximum Gasteiger partial charge on any atom is 0.185 e. The third kappa shape index (κ3) is 3.42. The Morgan fingerprint density at radius 2 is 2.16 bits per heavy atom. The molecule has 1 aromatic heterocycles. The highest BCUT2D eigenvalue weighted by Crippen LogP contribution is 2.13. The molecule has 0 radical (unpaired) electrons. The molecule has 0 aliphatic heterocycles. The van der Waals surface area contributed by atoms with E-state index in [0.29, 0.717) is 18.2 Å². The lowest BCUT2D eigenvalue weighted by Crippen LogP contribution is -2.11. The molecular weight excluding hydrogens is 238 g/mol. The van der Waals surface area contributed by atoms with Gasteiger partial charge in [-0.3, -0.25) is 4.90 Å². The van der Waals surface area contributed by atoms with E-state index >= 15 is 0 Å². The monoisotopic (exact) mass is 253 g/mol. The van der Waals surface area contributed by atoms with E-state index in [9.17, 15) is 0 Å². The van der Waals surface area contributed by atoms with Crippen LogP contribution in [-0.2, 0) is 6.54 Å². The molecule has 5 nitrogen and oxygen atoms in total. The van der Waals surface area contributed by atoms with Crippen molar-refractivity contribution in [1.29, 1.82) is 5.26 Å². The molecule has 1 aromatic carbocycles. The van der Waals surface area contributed by atoms with Crippen LogP contribution in [0, 0.1) is 18.4 Å². The Kier molecular flexibility index (Phi) is 3.94. The molecule has 0 saturated heterocycles. The van der Waals surface area contributed by atoms with Gasteiger partial charge in [0, 0.05) is 19.7 Å². The fourth-order valence-corrected chi connectivity index (χ4v) is 1.69. The molecular formula is C14H15N5. The van der Waals surface area contributed by atoms with Gasteiger partial charge in [0.05, 0.1) is 0 Å². The standard InChI is InChI=1S/C14H15N5/c1-11-4-3-5-12(6-11)8-16-13-7-14(18-10-17-13)19(2)9-15/h3-7,10H,8H2,1-2H3,(H,16,17,18). The zero-order valence-corrected chi connectivity index (χ0v) is 11.0. The van der Waals surface area contributed by atoms with E-state index in [1.807, 2.05) is 12.3 Å². The smallest absolute Gasteiger partial charge is 0.185 e. The van der Waals surface area contributed by atoms with Gasteiger partial charge in [0.2, 0.25) is 0 Å². The Balaban J connectivity index is 2.06. The lowest BCUT2D eigenvalue weighted by molar-refractivity contribution is 1.05. The minimum atomic E-state index is 0.573. The van der Waals surface area contributed by atoms with Crippen molar-refractivity contribution >= 4 is 11.6 Å². The molecule has 2 rings (SSSR count). The first-order valence-corrected chi connectivity index (χ1v) is 5.94. The van der Waals surface area contributed by atoms with E-state index in [1.165, 1.54) is 22.4 Å². The summed E-state index contributed by atoms with van der Waals surface area (Å²) in [5.41, 5.74) is 2.42. The van der Waals surface area contributed by atoms with Gasteiger partial charge in [-0.05, 0) is 12.5 Å². The molecule has 0 bridgehead atoms. The van der Waals surface area contributed by atoms with Crippen molar-refractivity contribution < 1.29 is 0 Å². The summed E-state index contributed by atoms with van der Waals surface area (Å²) in [5.74, 6) is 1.28. The zero-order valence-electron chi connectivity index (χ0n) is 11.0. The van der Waals surface area contributed by atoms with Crippen molar-refractivity contribution in [2.24, 2.45) is 0 Å². The van der Waals surface area contributed by atoms with Gasteiger partial charge < -0.3 is 5.32 Å². The summed E-state index contributed by atoms with van der Waals surface area (Å²) < 4.78 is 0. The van der Waals surface area contributed by atoms with E-state index in [-0.39, 0.29) is 0 Å². The topological polar surface area (TPSA) is 64.8 Å². The highest BCUT2D eigenvalue weighted by molar-refractivity contribution is 5.50. The van der Waals surface area contributed by atoms with E-state index in [4.69, 9.17) is 5.26 Å². The maximum absolute atomic E-state index is 8.81. The summed E-state index contributed by atoms with van der Waals surface area (Å²) in [7, 11) is 1.66. The van der Waals surface area contributed by atoms with Crippen molar-refractivity contribution in [3.63, 3.8) is 0 Å². The molecule has 0 spiro atoms. The molecule has 0 aliphatic carbocycles. The van der Waals surface area contributed by atoms with Crippen LogP contribution < -0.4 is 10.2 Å². The predicted molar refractivity (Wildman–Crippen MR) is 74.6 cm³/mol. The summed E-state index contributed by atoms with van der Waals surface area (Å²) in [6, 6.07) is 10.0. The molecule has 96 valence electrons. The second kappa shape index (κ2) is 5.83. The molecule has 0 unspecified atom stereocenters. The number of hydrogen-bond donors (Lipinski definition) is 1. The van der Waals surface area contributed by atoms with Gasteiger partial charge in [0.1, 0.15) is 18.0 Å². The molecule has 2 aromatic rings. The van der Waals surface area contributed by atoms with Crippen molar-refractivity contribution in [2.45, 2.75) is 13.5 Å². The number of aryl methyl sites for hydroxylation is 1. The molecule has 19 heavy (non-hydrogen) atoms. The van der Waals surface area contributed by atoms with Crippen LogP contribution in [0.1, 0.15) is 11.1 Å². The molecule has 0 fully saturated rings. The number of anilines is 2. The van der Waals surface area contributed by atoms with E-state index in [1.54, 1.807) is 13.1 Å². The Morgan fingerprint density at radius 3 is 2.89 bits per heavy atom. The maximum atomic E-state index is 8.81. The van der Waals surface area contributed by atoms with Crippen LogP contribution in [0.4, 0.5) is 11.6 Å². The largest absolute Gasteiger partial charge is 0.366 e. The van der Waals surface area contributed by atoms with Gasteiger partial charge in [-0.2, -0.15) is 5.26 Å². The lowest BCUT2D eigenvalue weighted by Gasteiger charge is -2.10. The average Bonchev–Trinajstić information content (AvgIpc) is 2.45. The van der Waals surface area contributed by atoms with Crippen molar-refractivity contribution in [2.75, 3.05) is 17.3 Å². The third-order valence-corrected chi connectivity index (χ3v) is 2.70. The van der Waals surface area contributed by atoms with Crippen molar-refractivity contribution in [1.82, 2.24) is 9.97 Å². The summed E-state index contributed by atoms with van der Waals surface area (Å²) in [4.78, 5) is 9.56. The fourth-order valence-electron chi connectivity index (χ4n) is 1.69. The molecule has 0 saturated carbocycles. The van der Waals surface area contributed by atoms with Crippen LogP contribution in [0.15, 0.2) is 36.7 Å². The number of nitriles is 1. The Morgan fingerprint density at radius 1 is 1.32 bits per heavy atom. The van der Waals surface area contributed by atoms with Gasteiger partial charge in [-0.25, -0.2) is 9.97 Å². The third-order valence-electron chi connectivity index (χ3n) is 2.70. The van der Waals surface area contributed by atoms with E-state index in [2.05, 4.69) is 40.4 Å². The SMILES string of the molecule is Cc1cccc(CNc2cc(N(C)C#N)ncn2)c1. The lowest BCUT2D eigenvalue weighted by atomic mass is 10.1. The predicted octanol–water partition coefficient (Wildman–Crippen LogP) is 2.31. The van der Waals surface area contributed by atoms with Crippen LogP contribution in [-0.4, -0.2) is 17.0 Å². The second-order valence-corrected chi connectivity index (χ2v) is 4.26. The van der Waals surface area contributed by atoms with Gasteiger partial charge in [-0.1, -0.05) is 29.8 Å². The van der Waals surface area contributed by atoms with Gasteiger partial charge in [0.25, 0.3) is 0 Å². The molecule has 0 amide bonds. The number of nitrogens with zero attached hydrogens (tertiary/aromatic N) is 4. The average molecular weight is 253 g/mol. The number of aromatic nitrogens is 2. The highest BCUT2D eigenvalue weighted by Gasteiger charge is 2.03. The van der Waals surface area contributed by atoms with Crippen LogP contribution >= 0.6 is 0 Å². The van der Waals surface area contributed by atoms with Crippen LogP contribution in [0.3, 0.4) is 0 Å². The normalized spacial score (nSPS) is 9.74. The first-order chi connectivity index (χ1) is 9.19. The minimum absolute atomic E-state index is 0.573. The van der Waals surface area contributed by atoms with Gasteiger partial charge in [0.15, 0.2) is 6.19 Å². The van der Waals surface area contributed by atoms with E-state index in [0.717, 1.165) is 0 Å². The summed E-state index contributed by atoms with van der Waals surface area (Å²) in [5, 5.41) is 12.0. The summed E-state index contributed by atoms with van der Waals surface area (Å²) in [6.45, 7) is 2.75. The molecule has 1 N–H and O–H groups in total. The first kappa shape index (κ1) is 12.8. The quantitative estimate of drug-likeness (QED) is 0.669. The summed E-state index contributed by atoms with van der Waals surface area (Å²) in [6.07, 6.45) is 3.45. The highest BCUT2D eigenvalue weighted by atomic mass is 15.2. The van der Waals surface area contributed by atoms with Gasteiger partial charge in [-0.15, -0.1) is 0 Å². The molecule has 5 heteroatoms. The minimum Gasteiger partial charge on any atom is -0.366 e. The zero-order chi connectivity index (χ0) is 13.7. The van der Waals surface area contributed by atoms with Crippen LogP contribution in [0.25, 0.3) is 0 Å². The molecule has 0 atom stereocenters. The number of benzene rings is 1. The van der Waals surface area contributed by atoms with Gasteiger partial charge >= 0.3 is 0 Å². The Hall–Kier alpha value is -2.61. The summed E-state index contributed by atoms with van der Waals surface area (Å²) >= 11 is 0. The Bertz CT molecular complexity index is 603. The Labute approximate surface area is 112 Å². The first-order valence-electron chi connectivity index (χ1n) is 5.94. The van der Waals surface area contributed by atoms with Crippen LogP contribution in [0.5, 0.6) is 0 Å². The van der Waals surface area contributed by atoms with Crippen molar-refractivity contribution in [3.8, 4) is 6.19 Å². The number of hydrogen-bond acceptors (Lipinski definition) is 5. The number of rotatable bonds is 4. The van der Waals surface area contributed by atoms with E-state index < -0.39 is 0 Å². The molecule has 1 heterocycles. The second-order valence-electron chi connectivity index (χ2n) is 4.26. The molecule has 0 aliphatic rings. The van der Waals surface area contributed by atoms with Crippen molar-refractivity contribution in [3.05, 3.63) is 47.8 Å². The fraction of sp³-hybridized carbons (Fsp3) is 0.214. The van der Waals surface area contributed by atoms with Crippen LogP contribution in [0.2, 0.25) is 0 Å². The number of nitrogens with one attached hydrogen (secondary N) is 1.